The summed E-state index contributed by atoms with van der Waals surface area (Å²) in [5.41, 5.74) is 0. The zero-order chi connectivity index (χ0) is 10.6. The first-order valence-electron chi connectivity index (χ1n) is 5.26. The Balaban J connectivity index is 2.36. The molecule has 4 heteroatoms. The highest BCUT2D eigenvalue weighted by Gasteiger charge is 2.30. The normalized spacial score (nSPS) is 27.0. The van der Waals surface area contributed by atoms with Crippen LogP contribution in [0.3, 0.4) is 0 Å². The van der Waals surface area contributed by atoms with E-state index in [1.807, 2.05) is 0 Å². The summed E-state index contributed by atoms with van der Waals surface area (Å²) in [5, 5.41) is 0. The van der Waals surface area contributed by atoms with E-state index in [2.05, 4.69) is 6.92 Å². The van der Waals surface area contributed by atoms with Crippen molar-refractivity contribution in [3.05, 3.63) is 0 Å². The fourth-order valence-electron chi connectivity index (χ4n) is 1.90. The molecule has 0 amide bonds. The third-order valence-electron chi connectivity index (χ3n) is 2.76. The van der Waals surface area contributed by atoms with Gasteiger partial charge in [0.25, 0.3) is 0 Å². The van der Waals surface area contributed by atoms with Gasteiger partial charge in [0.05, 0.1) is 6.54 Å². The number of rotatable bonds is 1. The van der Waals surface area contributed by atoms with Crippen LogP contribution in [0.4, 0.5) is 13.2 Å². The van der Waals surface area contributed by atoms with E-state index in [1.165, 1.54) is 11.3 Å². The molecule has 0 aromatic heterocycles. The van der Waals surface area contributed by atoms with Gasteiger partial charge in [-0.15, -0.1) is 0 Å². The molecule has 0 unspecified atom stereocenters. The highest BCUT2D eigenvalue weighted by atomic mass is 19.4. The molecule has 84 valence electrons. The lowest BCUT2D eigenvalue weighted by atomic mass is 9.98. The molecule has 1 aliphatic rings. The summed E-state index contributed by atoms with van der Waals surface area (Å²) >= 11 is 0. The van der Waals surface area contributed by atoms with Crippen LogP contribution in [-0.4, -0.2) is 30.7 Å². The van der Waals surface area contributed by atoms with Gasteiger partial charge in [0, 0.05) is 0 Å². The van der Waals surface area contributed by atoms with E-state index in [1.54, 1.807) is 0 Å². The van der Waals surface area contributed by atoms with Crippen LogP contribution in [0.15, 0.2) is 0 Å². The Bertz CT molecular complexity index is 167. The molecule has 0 aliphatic carbocycles. The number of hydrogen-bond donors (Lipinski definition) is 0. The summed E-state index contributed by atoms with van der Waals surface area (Å²) in [6.07, 6.45) is -0.00564. The maximum Gasteiger partial charge on any atom is 0.401 e. The molecule has 1 nitrogen and oxygen atoms in total. The summed E-state index contributed by atoms with van der Waals surface area (Å²) < 4.78 is 36.4. The Hall–Kier alpha value is -0.250. The largest absolute Gasteiger partial charge is 0.401 e. The molecule has 0 radical (unpaired) electrons. The molecular weight excluding hydrogens is 191 g/mol. The standard InChI is InChI=1S/C10H18F3N/c1-9-4-2-3-6-14(7-5-9)8-10(11,12)13/h9H,2-8H2,1H3/t9-/m1/s1. The molecule has 0 spiro atoms. The van der Waals surface area contributed by atoms with Gasteiger partial charge in [-0.2, -0.15) is 13.2 Å². The first-order chi connectivity index (χ1) is 6.47. The summed E-state index contributed by atoms with van der Waals surface area (Å²) in [4.78, 5) is 1.54. The predicted octanol–water partition coefficient (Wildman–Crippen LogP) is 3.06. The van der Waals surface area contributed by atoms with E-state index in [4.69, 9.17) is 0 Å². The quantitative estimate of drug-likeness (QED) is 0.641. The zero-order valence-corrected chi connectivity index (χ0v) is 8.61. The van der Waals surface area contributed by atoms with Gasteiger partial charge in [0.1, 0.15) is 0 Å². The Labute approximate surface area is 83.3 Å². The van der Waals surface area contributed by atoms with Crippen LogP contribution in [-0.2, 0) is 0 Å². The van der Waals surface area contributed by atoms with Gasteiger partial charge in [-0.25, -0.2) is 0 Å². The summed E-state index contributed by atoms with van der Waals surface area (Å²) in [6, 6.07) is 0. The van der Waals surface area contributed by atoms with Crippen LogP contribution < -0.4 is 0 Å². The number of nitrogens with zero attached hydrogens (tertiary/aromatic N) is 1. The van der Waals surface area contributed by atoms with E-state index in [0.717, 1.165) is 19.3 Å². The van der Waals surface area contributed by atoms with Crippen LogP contribution in [0, 0.1) is 5.92 Å². The van der Waals surface area contributed by atoms with Gasteiger partial charge in [-0.3, -0.25) is 4.90 Å². The highest BCUT2D eigenvalue weighted by molar-refractivity contribution is 4.68. The Morgan fingerprint density at radius 2 is 1.86 bits per heavy atom. The lowest BCUT2D eigenvalue weighted by Crippen LogP contribution is -2.37. The second-order valence-electron chi connectivity index (χ2n) is 4.28. The predicted molar refractivity (Wildman–Crippen MR) is 50.1 cm³/mol. The number of halogens is 3. The summed E-state index contributed by atoms with van der Waals surface area (Å²) in [5.74, 6) is 0.575. The van der Waals surface area contributed by atoms with Crippen molar-refractivity contribution in [2.75, 3.05) is 19.6 Å². The monoisotopic (exact) mass is 209 g/mol. The van der Waals surface area contributed by atoms with Crippen molar-refractivity contribution in [2.24, 2.45) is 5.92 Å². The molecule has 1 atom stereocenters. The van der Waals surface area contributed by atoms with Crippen LogP contribution in [0.5, 0.6) is 0 Å². The van der Waals surface area contributed by atoms with Crippen LogP contribution >= 0.6 is 0 Å². The second kappa shape index (κ2) is 5.01. The Morgan fingerprint density at radius 3 is 2.50 bits per heavy atom. The SMILES string of the molecule is C[C@@H]1CCCCN(CC(F)(F)F)CC1. The van der Waals surface area contributed by atoms with Crippen LogP contribution in [0.2, 0.25) is 0 Å². The smallest absolute Gasteiger partial charge is 0.295 e. The molecule has 1 saturated heterocycles. The molecule has 0 saturated carbocycles. The number of hydrogen-bond acceptors (Lipinski definition) is 1. The molecule has 0 aromatic rings. The van der Waals surface area contributed by atoms with Crippen molar-refractivity contribution in [1.82, 2.24) is 4.90 Å². The van der Waals surface area contributed by atoms with Crippen molar-refractivity contribution >= 4 is 0 Å². The number of likely N-dealkylation sites (tertiary alicyclic amines) is 1. The third-order valence-corrected chi connectivity index (χ3v) is 2.76. The van der Waals surface area contributed by atoms with Gasteiger partial charge in [0.2, 0.25) is 0 Å². The van der Waals surface area contributed by atoms with E-state index in [0.29, 0.717) is 19.0 Å². The van der Waals surface area contributed by atoms with Crippen molar-refractivity contribution in [3.63, 3.8) is 0 Å². The van der Waals surface area contributed by atoms with Crippen molar-refractivity contribution in [2.45, 2.75) is 38.8 Å². The van der Waals surface area contributed by atoms with E-state index < -0.39 is 12.7 Å². The minimum atomic E-state index is -4.04. The van der Waals surface area contributed by atoms with Crippen LogP contribution in [0.1, 0.15) is 32.6 Å². The van der Waals surface area contributed by atoms with Gasteiger partial charge in [-0.05, 0) is 31.8 Å². The molecule has 14 heavy (non-hydrogen) atoms. The van der Waals surface area contributed by atoms with Crippen molar-refractivity contribution in [1.29, 1.82) is 0 Å². The minimum absolute atomic E-state index is 0.575. The van der Waals surface area contributed by atoms with E-state index in [9.17, 15) is 13.2 Å². The summed E-state index contributed by atoms with van der Waals surface area (Å²) in [7, 11) is 0. The average Bonchev–Trinajstić information content (AvgIpc) is 2.02. The topological polar surface area (TPSA) is 3.24 Å². The fourth-order valence-corrected chi connectivity index (χ4v) is 1.90. The lowest BCUT2D eigenvalue weighted by molar-refractivity contribution is -0.146. The Kier molecular flexibility index (Phi) is 4.23. The van der Waals surface area contributed by atoms with Gasteiger partial charge in [-0.1, -0.05) is 19.8 Å². The maximum absolute atomic E-state index is 12.1. The summed E-state index contributed by atoms with van der Waals surface area (Å²) in [6.45, 7) is 2.59. The average molecular weight is 209 g/mol. The second-order valence-corrected chi connectivity index (χ2v) is 4.28. The van der Waals surface area contributed by atoms with E-state index in [-0.39, 0.29) is 0 Å². The van der Waals surface area contributed by atoms with Crippen molar-refractivity contribution in [3.8, 4) is 0 Å². The Morgan fingerprint density at radius 1 is 1.14 bits per heavy atom. The van der Waals surface area contributed by atoms with E-state index >= 15 is 0 Å². The van der Waals surface area contributed by atoms with Gasteiger partial charge < -0.3 is 0 Å². The lowest BCUT2D eigenvalue weighted by Gasteiger charge is -2.27. The first kappa shape index (κ1) is 11.8. The van der Waals surface area contributed by atoms with Crippen molar-refractivity contribution < 1.29 is 13.2 Å². The minimum Gasteiger partial charge on any atom is -0.295 e. The third kappa shape index (κ3) is 4.84. The molecule has 1 aliphatic heterocycles. The molecule has 0 aromatic carbocycles. The molecular formula is C10H18F3N. The van der Waals surface area contributed by atoms with Gasteiger partial charge >= 0.3 is 6.18 Å². The number of alkyl halides is 3. The highest BCUT2D eigenvalue weighted by Crippen LogP contribution is 2.21. The maximum atomic E-state index is 12.1. The molecule has 1 heterocycles. The zero-order valence-electron chi connectivity index (χ0n) is 8.61. The van der Waals surface area contributed by atoms with Gasteiger partial charge in [0.15, 0.2) is 0 Å². The van der Waals surface area contributed by atoms with Crippen LogP contribution in [0.25, 0.3) is 0 Å². The molecule has 0 N–H and O–H groups in total. The fraction of sp³-hybridized carbons (Fsp3) is 1.00. The molecule has 1 rings (SSSR count). The first-order valence-corrected chi connectivity index (χ1v) is 5.26. The molecule has 0 bridgehead atoms. The molecule has 1 fully saturated rings.